The van der Waals surface area contributed by atoms with E-state index in [2.05, 4.69) is 15.7 Å². The molecule has 0 spiro atoms. The van der Waals surface area contributed by atoms with Crippen LogP contribution in [-0.2, 0) is 6.54 Å². The highest BCUT2D eigenvalue weighted by Gasteiger charge is 2.07. The van der Waals surface area contributed by atoms with Crippen molar-refractivity contribution in [3.05, 3.63) is 90.0 Å². The van der Waals surface area contributed by atoms with Gasteiger partial charge in [-0.25, -0.2) is 0 Å². The molecule has 0 saturated heterocycles. The molecule has 6 heteroatoms. The molecule has 0 aromatic heterocycles. The summed E-state index contributed by atoms with van der Waals surface area (Å²) < 4.78 is 5.86. The lowest BCUT2D eigenvalue weighted by Gasteiger charge is -2.09. The highest BCUT2D eigenvalue weighted by Crippen LogP contribution is 2.22. The zero-order valence-electron chi connectivity index (χ0n) is 14.2. The standard InChI is InChI=1S/C20H19N5O/c21-20(24-25-22)16-9-11-17(12-10-16)23-14-15-5-4-8-19(13-15)26-18-6-2-1-3-7-18/h1-13,23H,14H2,(H3,21,22,24)/p+1. The van der Waals surface area contributed by atoms with Crippen LogP contribution in [0.1, 0.15) is 11.1 Å². The summed E-state index contributed by atoms with van der Waals surface area (Å²) in [6, 6.07) is 25.3. The Bertz CT molecular complexity index is 892. The van der Waals surface area contributed by atoms with Gasteiger partial charge in [-0.1, -0.05) is 30.3 Å². The first-order valence-corrected chi connectivity index (χ1v) is 8.14. The molecule has 0 radical (unpaired) electrons. The summed E-state index contributed by atoms with van der Waals surface area (Å²) in [5.74, 6) is 6.91. The van der Waals surface area contributed by atoms with Crippen LogP contribution in [0.3, 0.4) is 0 Å². The van der Waals surface area contributed by atoms with Crippen molar-refractivity contribution in [2.24, 2.45) is 16.2 Å². The summed E-state index contributed by atoms with van der Waals surface area (Å²) in [4.78, 5) is 0. The van der Waals surface area contributed by atoms with Gasteiger partial charge < -0.3 is 10.1 Å². The number of para-hydroxylation sites is 1. The maximum atomic E-state index is 5.86. The molecule has 0 saturated carbocycles. The van der Waals surface area contributed by atoms with Gasteiger partial charge in [0.2, 0.25) is 0 Å². The second kappa shape index (κ2) is 8.43. The first-order valence-electron chi connectivity index (χ1n) is 8.14. The second-order valence-corrected chi connectivity index (χ2v) is 5.59. The number of hydrogen-bond acceptors (Lipinski definition) is 3. The zero-order valence-corrected chi connectivity index (χ0v) is 14.2. The molecule has 0 aliphatic heterocycles. The number of anilines is 1. The summed E-state index contributed by atoms with van der Waals surface area (Å²) in [6.07, 6.45) is 0. The highest BCUT2D eigenvalue weighted by atomic mass is 16.5. The zero-order chi connectivity index (χ0) is 18.2. The van der Waals surface area contributed by atoms with Crippen molar-refractivity contribution in [3.8, 4) is 11.5 Å². The van der Waals surface area contributed by atoms with Gasteiger partial charge in [0.25, 0.3) is 0 Å². The van der Waals surface area contributed by atoms with Gasteiger partial charge in [0.05, 0.1) is 10.7 Å². The van der Waals surface area contributed by atoms with Crippen molar-refractivity contribution in [2.75, 3.05) is 5.32 Å². The Morgan fingerprint density at radius 1 is 0.923 bits per heavy atom. The summed E-state index contributed by atoms with van der Waals surface area (Å²) in [7, 11) is 0. The number of nitrogens with zero attached hydrogens (tertiary/aromatic N) is 2. The van der Waals surface area contributed by atoms with Crippen molar-refractivity contribution in [1.82, 2.24) is 0 Å². The average molecular weight is 346 g/mol. The summed E-state index contributed by atoms with van der Waals surface area (Å²) in [5, 5.41) is 15.9. The minimum atomic E-state index is 0.282. The predicted molar refractivity (Wildman–Crippen MR) is 102 cm³/mol. The van der Waals surface area contributed by atoms with Crippen LogP contribution >= 0.6 is 0 Å². The van der Waals surface area contributed by atoms with Gasteiger partial charge in [-0.15, -0.1) is 0 Å². The van der Waals surface area contributed by atoms with Gasteiger partial charge >= 0.3 is 5.84 Å². The Hall–Kier alpha value is -3.67. The summed E-state index contributed by atoms with van der Waals surface area (Å²) in [5.41, 5.74) is 2.86. The Balaban J connectivity index is 1.61. The van der Waals surface area contributed by atoms with E-state index in [0.717, 1.165) is 28.3 Å². The van der Waals surface area contributed by atoms with Crippen LogP contribution in [0.15, 0.2) is 89.2 Å². The van der Waals surface area contributed by atoms with Crippen LogP contribution in [-0.4, -0.2) is 5.84 Å². The average Bonchev–Trinajstić information content (AvgIpc) is 2.68. The van der Waals surface area contributed by atoms with Crippen molar-refractivity contribution in [3.63, 3.8) is 0 Å². The van der Waals surface area contributed by atoms with E-state index in [4.69, 9.17) is 16.0 Å². The molecular weight excluding hydrogens is 326 g/mol. The van der Waals surface area contributed by atoms with E-state index in [9.17, 15) is 0 Å². The monoisotopic (exact) mass is 346 g/mol. The highest BCUT2D eigenvalue weighted by molar-refractivity contribution is 5.94. The summed E-state index contributed by atoms with van der Waals surface area (Å²) >= 11 is 0. The van der Waals surface area contributed by atoms with Gasteiger partial charge in [-0.05, 0) is 54.1 Å². The van der Waals surface area contributed by atoms with Gasteiger partial charge in [-0.2, -0.15) is 0 Å². The molecule has 5 N–H and O–H groups in total. The lowest BCUT2D eigenvalue weighted by molar-refractivity contribution is -0.114. The van der Waals surface area contributed by atoms with Gasteiger partial charge in [0.1, 0.15) is 11.5 Å². The number of nitrogens with two attached hydrogens (primary N) is 2. The van der Waals surface area contributed by atoms with Crippen molar-refractivity contribution >= 4 is 11.5 Å². The molecule has 26 heavy (non-hydrogen) atoms. The molecule has 0 atom stereocenters. The molecule has 130 valence electrons. The molecule has 0 unspecified atom stereocenters. The maximum absolute atomic E-state index is 5.86. The van der Waals surface area contributed by atoms with Crippen molar-refractivity contribution < 1.29 is 10.1 Å². The number of hydrogen-bond donors (Lipinski definition) is 3. The lowest BCUT2D eigenvalue weighted by atomic mass is 10.1. The van der Waals surface area contributed by atoms with Crippen molar-refractivity contribution in [2.45, 2.75) is 6.54 Å². The van der Waals surface area contributed by atoms with E-state index in [1.54, 1.807) is 0 Å². The van der Waals surface area contributed by atoms with E-state index in [1.807, 2.05) is 78.9 Å². The first-order chi connectivity index (χ1) is 12.7. The van der Waals surface area contributed by atoms with Gasteiger partial charge in [-0.3, -0.25) is 11.3 Å². The molecule has 6 nitrogen and oxygen atoms in total. The lowest BCUT2D eigenvalue weighted by Crippen LogP contribution is -2.38. The largest absolute Gasteiger partial charge is 0.457 e. The summed E-state index contributed by atoms with van der Waals surface area (Å²) in [6.45, 7) is 0.674. The van der Waals surface area contributed by atoms with Crippen LogP contribution in [0.2, 0.25) is 0 Å². The predicted octanol–water partition coefficient (Wildman–Crippen LogP) is 2.92. The van der Waals surface area contributed by atoms with Gasteiger partial charge in [0.15, 0.2) is 0 Å². The second-order valence-electron chi connectivity index (χ2n) is 5.59. The fraction of sp³-hybridized carbons (Fsp3) is 0.0500. The van der Waals surface area contributed by atoms with Crippen LogP contribution in [0.4, 0.5) is 5.69 Å². The maximum Gasteiger partial charge on any atom is 0.350 e. The molecular formula is C20H20N5O+. The van der Waals surface area contributed by atoms with E-state index in [0.29, 0.717) is 6.54 Å². The molecule has 0 aliphatic carbocycles. The normalized spacial score (nSPS) is 10.6. The SMILES string of the molecule is NN=NC(=[NH2+])c1ccc(NCc2cccc(Oc3ccccc3)c2)cc1. The third-order valence-corrected chi connectivity index (χ3v) is 3.72. The van der Waals surface area contributed by atoms with Gasteiger partial charge in [0, 0.05) is 17.5 Å². The van der Waals surface area contributed by atoms with E-state index >= 15 is 0 Å². The number of benzene rings is 3. The molecule has 0 fully saturated rings. The van der Waals surface area contributed by atoms with Crippen molar-refractivity contribution in [1.29, 1.82) is 0 Å². The minimum Gasteiger partial charge on any atom is -0.457 e. The molecule has 0 amide bonds. The fourth-order valence-corrected chi connectivity index (χ4v) is 2.43. The first kappa shape index (κ1) is 17.2. The Morgan fingerprint density at radius 3 is 2.38 bits per heavy atom. The topological polar surface area (TPSA) is 97.6 Å². The third kappa shape index (κ3) is 4.67. The minimum absolute atomic E-state index is 0.282. The number of ether oxygens (including phenoxy) is 1. The Kier molecular flexibility index (Phi) is 5.57. The fourth-order valence-electron chi connectivity index (χ4n) is 2.43. The van der Waals surface area contributed by atoms with Crippen LogP contribution in [0, 0.1) is 0 Å². The van der Waals surface area contributed by atoms with E-state index in [1.165, 1.54) is 0 Å². The molecule has 0 bridgehead atoms. The number of rotatable bonds is 6. The van der Waals surface area contributed by atoms with Crippen LogP contribution < -0.4 is 21.3 Å². The molecule has 3 rings (SSSR count). The molecule has 0 heterocycles. The van der Waals surface area contributed by atoms with E-state index < -0.39 is 0 Å². The Labute approximate surface area is 151 Å². The number of amidine groups is 1. The number of nitrogens with one attached hydrogen (secondary N) is 1. The Morgan fingerprint density at radius 2 is 1.65 bits per heavy atom. The van der Waals surface area contributed by atoms with Crippen LogP contribution in [0.25, 0.3) is 0 Å². The quantitative estimate of drug-likeness (QED) is 0.210. The molecule has 3 aromatic carbocycles. The van der Waals surface area contributed by atoms with Crippen LogP contribution in [0.5, 0.6) is 11.5 Å². The smallest absolute Gasteiger partial charge is 0.350 e. The molecule has 0 aliphatic rings. The molecule has 3 aromatic rings. The van der Waals surface area contributed by atoms with E-state index in [-0.39, 0.29) is 5.84 Å². The third-order valence-electron chi connectivity index (χ3n) is 3.72.